The maximum atomic E-state index is 12.3. The molecule has 0 aliphatic heterocycles. The van der Waals surface area contributed by atoms with E-state index < -0.39 is 0 Å². The molecule has 3 aromatic rings. The van der Waals surface area contributed by atoms with Crippen molar-refractivity contribution >= 4 is 28.2 Å². The van der Waals surface area contributed by atoms with Crippen molar-refractivity contribution in [3.63, 3.8) is 0 Å². The van der Waals surface area contributed by atoms with Gasteiger partial charge in [-0.05, 0) is 31.0 Å². The normalized spacial score (nSPS) is 10.3. The van der Waals surface area contributed by atoms with Gasteiger partial charge in [-0.2, -0.15) is 0 Å². The monoisotopic (exact) mass is 399 g/mol. The number of rotatable bonds is 4. The molecule has 0 aliphatic carbocycles. The predicted molar refractivity (Wildman–Crippen MR) is 86.5 cm³/mol. The van der Waals surface area contributed by atoms with Gasteiger partial charge in [0.05, 0.1) is 12.9 Å². The number of anilines is 2. The maximum absolute atomic E-state index is 12.3. The number of hydrogen-bond acceptors (Lipinski definition) is 5. The van der Waals surface area contributed by atoms with Crippen molar-refractivity contribution in [2.45, 2.75) is 13.8 Å². The summed E-state index contributed by atoms with van der Waals surface area (Å²) in [7, 11) is 1.39. The fourth-order valence-corrected chi connectivity index (χ4v) is 2.31. The number of hydroxylamine groups is 1. The van der Waals surface area contributed by atoms with Crippen LogP contribution in [0.2, 0.25) is 0 Å². The fraction of sp³-hybridized carbons (Fsp3) is 0.176. The van der Waals surface area contributed by atoms with Crippen LogP contribution in [0.3, 0.4) is 0 Å². The molecular formula is C17H16N3O3Y-. The molecule has 0 unspecified atom stereocenters. The van der Waals surface area contributed by atoms with E-state index >= 15 is 0 Å². The second-order valence-corrected chi connectivity index (χ2v) is 5.13. The van der Waals surface area contributed by atoms with E-state index in [1.165, 1.54) is 7.11 Å². The van der Waals surface area contributed by atoms with Gasteiger partial charge in [-0.1, -0.05) is 29.3 Å². The molecule has 0 spiro atoms. The molecule has 0 saturated carbocycles. The van der Waals surface area contributed by atoms with E-state index in [4.69, 9.17) is 9.36 Å². The molecular weight excluding hydrogens is 383 g/mol. The first-order chi connectivity index (χ1) is 11.1. The zero-order valence-corrected chi connectivity index (χ0v) is 16.5. The summed E-state index contributed by atoms with van der Waals surface area (Å²) in [6.45, 7) is 3.77. The third kappa shape index (κ3) is 3.66. The van der Waals surface area contributed by atoms with Crippen LogP contribution < -0.4 is 10.8 Å². The zero-order chi connectivity index (χ0) is 16.4. The molecule has 2 N–H and O–H groups in total. The topological polar surface area (TPSA) is 76.4 Å². The number of amides is 1. The van der Waals surface area contributed by atoms with E-state index in [1.54, 1.807) is 13.0 Å². The average Bonchev–Trinajstić information content (AvgIpc) is 2.89. The first-order valence-electron chi connectivity index (χ1n) is 7.08. The van der Waals surface area contributed by atoms with E-state index in [0.29, 0.717) is 22.5 Å². The number of carbonyl (C=O) groups is 1. The van der Waals surface area contributed by atoms with Crippen molar-refractivity contribution in [3.8, 4) is 0 Å². The van der Waals surface area contributed by atoms with Crippen LogP contribution >= 0.6 is 0 Å². The van der Waals surface area contributed by atoms with Crippen LogP contribution in [0.1, 0.15) is 21.7 Å². The summed E-state index contributed by atoms with van der Waals surface area (Å²) in [6.07, 6.45) is 0. The van der Waals surface area contributed by atoms with Crippen molar-refractivity contribution in [1.29, 1.82) is 0 Å². The standard InChI is InChI=1S/C17H16N3O3.Y/c1-10-6-4-5-7-14(10)18-15-9-16-12(11(2)23-19-16)8-13(15)17(21)20-22-3;/h4-8,18H,1-3H3,(H,20,21);/q-1;. The summed E-state index contributed by atoms with van der Waals surface area (Å²) >= 11 is 0. The average molecular weight is 399 g/mol. The van der Waals surface area contributed by atoms with Gasteiger partial charge in [0, 0.05) is 43.9 Å². The Morgan fingerprint density at radius 2 is 2.04 bits per heavy atom. The van der Waals surface area contributed by atoms with Crippen LogP contribution in [-0.4, -0.2) is 18.2 Å². The van der Waals surface area contributed by atoms with E-state index in [9.17, 15) is 4.79 Å². The fourth-order valence-electron chi connectivity index (χ4n) is 2.31. The Hall–Kier alpha value is -1.76. The first kappa shape index (κ1) is 18.6. The Labute approximate surface area is 164 Å². The van der Waals surface area contributed by atoms with Crippen molar-refractivity contribution in [2.24, 2.45) is 0 Å². The second-order valence-electron chi connectivity index (χ2n) is 5.13. The number of benzene rings is 2. The molecule has 0 atom stereocenters. The van der Waals surface area contributed by atoms with Gasteiger partial charge in [0.25, 0.3) is 0 Å². The number of nitrogens with one attached hydrogen (secondary N) is 2. The van der Waals surface area contributed by atoms with E-state index in [2.05, 4.69) is 22.0 Å². The predicted octanol–water partition coefficient (Wildman–Crippen LogP) is 3.28. The molecule has 1 amide bonds. The number of aryl methyl sites for hydroxylation is 2. The number of para-hydroxylation sites is 1. The SMILES string of the molecule is CONC(=O)c1cc2c(C)onc2[c-]c1Nc1ccccc1C.[Y]. The number of carbonyl (C=O) groups excluding carboxylic acids is 1. The number of nitrogens with zero attached hydrogens (tertiary/aromatic N) is 1. The van der Waals surface area contributed by atoms with Gasteiger partial charge in [-0.3, -0.25) is 9.63 Å². The molecule has 3 rings (SSSR count). The molecule has 1 radical (unpaired) electrons. The minimum absolute atomic E-state index is 0. The Morgan fingerprint density at radius 1 is 1.29 bits per heavy atom. The minimum atomic E-state index is -0.373. The van der Waals surface area contributed by atoms with Gasteiger partial charge in [-0.25, -0.2) is 5.48 Å². The van der Waals surface area contributed by atoms with E-state index in [-0.39, 0.29) is 38.6 Å². The summed E-state index contributed by atoms with van der Waals surface area (Å²) in [4.78, 5) is 17.0. The van der Waals surface area contributed by atoms with Crippen molar-refractivity contribution in [1.82, 2.24) is 10.6 Å². The van der Waals surface area contributed by atoms with Gasteiger partial charge < -0.3 is 9.84 Å². The third-order valence-electron chi connectivity index (χ3n) is 3.55. The van der Waals surface area contributed by atoms with Gasteiger partial charge in [0.15, 0.2) is 0 Å². The summed E-state index contributed by atoms with van der Waals surface area (Å²) < 4.78 is 5.17. The molecule has 24 heavy (non-hydrogen) atoms. The molecule has 1 aromatic heterocycles. The Kier molecular flexibility index (Phi) is 6.10. The van der Waals surface area contributed by atoms with Crippen LogP contribution in [0.25, 0.3) is 10.9 Å². The Morgan fingerprint density at radius 3 is 2.75 bits per heavy atom. The van der Waals surface area contributed by atoms with Crippen LogP contribution in [0.4, 0.5) is 11.4 Å². The molecule has 2 aromatic carbocycles. The van der Waals surface area contributed by atoms with Crippen LogP contribution in [-0.2, 0) is 37.5 Å². The molecule has 1 heterocycles. The number of fused-ring (bicyclic) bond motifs is 1. The third-order valence-corrected chi connectivity index (χ3v) is 3.55. The minimum Gasteiger partial charge on any atom is -0.378 e. The first-order valence-corrected chi connectivity index (χ1v) is 7.08. The number of hydrogen-bond donors (Lipinski definition) is 2. The van der Waals surface area contributed by atoms with Gasteiger partial charge in [0.2, 0.25) is 5.91 Å². The van der Waals surface area contributed by atoms with Crippen LogP contribution in [0, 0.1) is 19.9 Å². The summed E-state index contributed by atoms with van der Waals surface area (Å²) in [5.74, 6) is 0.257. The van der Waals surface area contributed by atoms with E-state index in [0.717, 1.165) is 16.6 Å². The molecule has 121 valence electrons. The number of aromatic nitrogens is 1. The van der Waals surface area contributed by atoms with E-state index in [1.807, 2.05) is 31.2 Å². The Bertz CT molecular complexity index is 877. The van der Waals surface area contributed by atoms with Gasteiger partial charge in [-0.15, -0.1) is 17.3 Å². The maximum Gasteiger partial charge on any atom is 0.221 e. The van der Waals surface area contributed by atoms with Crippen molar-refractivity contribution < 1.29 is 46.9 Å². The molecule has 7 heteroatoms. The van der Waals surface area contributed by atoms with Crippen LogP contribution in [0.15, 0.2) is 34.9 Å². The summed E-state index contributed by atoms with van der Waals surface area (Å²) in [5, 5.41) is 7.92. The molecule has 0 fully saturated rings. The second kappa shape index (κ2) is 7.88. The van der Waals surface area contributed by atoms with Crippen molar-refractivity contribution in [2.75, 3.05) is 12.4 Å². The summed E-state index contributed by atoms with van der Waals surface area (Å²) in [5.41, 5.74) is 5.73. The smallest absolute Gasteiger partial charge is 0.221 e. The van der Waals surface area contributed by atoms with Crippen molar-refractivity contribution in [3.05, 3.63) is 53.3 Å². The molecule has 0 saturated heterocycles. The quantitative estimate of drug-likeness (QED) is 0.520. The summed E-state index contributed by atoms with van der Waals surface area (Å²) in [6, 6.07) is 12.6. The molecule has 6 nitrogen and oxygen atoms in total. The largest absolute Gasteiger partial charge is 0.378 e. The van der Waals surface area contributed by atoms with Crippen LogP contribution in [0.5, 0.6) is 0 Å². The van der Waals surface area contributed by atoms with Gasteiger partial charge >= 0.3 is 0 Å². The Balaban J connectivity index is 0.00000208. The molecule has 0 aliphatic rings. The zero-order valence-electron chi connectivity index (χ0n) is 13.6. The molecule has 0 bridgehead atoms. The van der Waals surface area contributed by atoms with Gasteiger partial charge in [0.1, 0.15) is 0 Å².